The average molecular weight is 644 g/mol. The van der Waals surface area contributed by atoms with E-state index in [0.717, 1.165) is 123 Å². The van der Waals surface area contributed by atoms with E-state index in [1.807, 2.05) is 9.80 Å². The standard InChI is InChI=1S/C36H61N5O5/c1-6-7-8-28-24-39(23-27-21-29-9-10-30(22-27)41(29)34(44)45-5)33(43)46-36(28)14-19-40(20-15-36)35(4)12-17-38(18-13-35)32(42)31-25(2)11-16-37-26(31)3/h25-31,37H,6-24H2,1-5H3/t25?,26?,27-,28?,29+,30-,31?. The van der Waals surface area contributed by atoms with Crippen LogP contribution in [0.3, 0.4) is 0 Å². The van der Waals surface area contributed by atoms with Crippen LogP contribution in [-0.4, -0.2) is 120 Å². The molecule has 6 heterocycles. The zero-order valence-electron chi connectivity index (χ0n) is 29.3. The van der Waals surface area contributed by atoms with E-state index < -0.39 is 0 Å². The number of fused-ring (bicyclic) bond motifs is 2. The van der Waals surface area contributed by atoms with Crippen LogP contribution in [0.25, 0.3) is 0 Å². The van der Waals surface area contributed by atoms with Crippen LogP contribution in [0.15, 0.2) is 0 Å². The fourth-order valence-electron chi connectivity index (χ4n) is 10.4. The second kappa shape index (κ2) is 13.8. The van der Waals surface area contributed by atoms with E-state index in [4.69, 9.17) is 9.47 Å². The van der Waals surface area contributed by atoms with Gasteiger partial charge in [-0.15, -0.1) is 0 Å². The van der Waals surface area contributed by atoms with Crippen LogP contribution >= 0.6 is 0 Å². The first-order valence-electron chi connectivity index (χ1n) is 18.7. The number of rotatable bonds is 7. The summed E-state index contributed by atoms with van der Waals surface area (Å²) in [5.74, 6) is 1.59. The molecule has 2 bridgehead atoms. The average Bonchev–Trinajstić information content (AvgIpc) is 3.31. The highest BCUT2D eigenvalue weighted by atomic mass is 16.6. The first-order valence-corrected chi connectivity index (χ1v) is 18.7. The highest BCUT2D eigenvalue weighted by molar-refractivity contribution is 5.80. The largest absolute Gasteiger partial charge is 0.453 e. The maximum absolute atomic E-state index is 13.6. The Kier molecular flexibility index (Phi) is 10.2. The van der Waals surface area contributed by atoms with Gasteiger partial charge in [0.2, 0.25) is 5.91 Å². The van der Waals surface area contributed by atoms with E-state index in [2.05, 4.69) is 42.8 Å². The summed E-state index contributed by atoms with van der Waals surface area (Å²) in [6.45, 7) is 15.1. The predicted molar refractivity (Wildman–Crippen MR) is 177 cm³/mol. The molecule has 0 aromatic carbocycles. The second-order valence-corrected chi connectivity index (χ2v) is 16.1. The lowest BCUT2D eigenvalue weighted by atomic mass is 9.74. The Hall–Kier alpha value is -2.07. The van der Waals surface area contributed by atoms with Crippen LogP contribution in [0.5, 0.6) is 0 Å². The van der Waals surface area contributed by atoms with E-state index in [9.17, 15) is 14.4 Å². The van der Waals surface area contributed by atoms with Crippen molar-refractivity contribution in [3.8, 4) is 0 Å². The normalized spacial score (nSPS) is 36.1. The molecule has 1 spiro atoms. The molecule has 0 radical (unpaired) electrons. The van der Waals surface area contributed by atoms with Crippen molar-refractivity contribution in [2.45, 2.75) is 134 Å². The fraction of sp³-hybridized carbons (Fsp3) is 0.917. The molecule has 10 heteroatoms. The van der Waals surface area contributed by atoms with Gasteiger partial charge in [0.25, 0.3) is 0 Å². The van der Waals surface area contributed by atoms with Gasteiger partial charge in [0.05, 0.1) is 13.0 Å². The van der Waals surface area contributed by atoms with Gasteiger partial charge in [0.1, 0.15) is 5.60 Å². The van der Waals surface area contributed by atoms with Crippen molar-refractivity contribution < 1.29 is 23.9 Å². The van der Waals surface area contributed by atoms with Crippen LogP contribution in [-0.2, 0) is 14.3 Å². The van der Waals surface area contributed by atoms with Gasteiger partial charge in [0.15, 0.2) is 0 Å². The van der Waals surface area contributed by atoms with Gasteiger partial charge in [-0.3, -0.25) is 9.69 Å². The summed E-state index contributed by atoms with van der Waals surface area (Å²) in [6, 6.07) is 0.699. The third-order valence-corrected chi connectivity index (χ3v) is 13.4. The summed E-state index contributed by atoms with van der Waals surface area (Å²) in [4.78, 5) is 48.3. The molecule has 6 aliphatic heterocycles. The molecule has 46 heavy (non-hydrogen) atoms. The summed E-state index contributed by atoms with van der Waals surface area (Å²) in [6.07, 6.45) is 11.8. The predicted octanol–water partition coefficient (Wildman–Crippen LogP) is 5.10. The van der Waals surface area contributed by atoms with Gasteiger partial charge in [-0.05, 0) is 83.6 Å². The number of hydrogen-bond acceptors (Lipinski definition) is 7. The molecule has 6 aliphatic rings. The number of amides is 3. The third kappa shape index (κ3) is 6.50. The lowest BCUT2D eigenvalue weighted by Crippen LogP contribution is -2.64. The molecular formula is C36H61N5O5. The fourth-order valence-corrected chi connectivity index (χ4v) is 10.4. The van der Waals surface area contributed by atoms with Gasteiger partial charge < -0.3 is 29.5 Å². The highest BCUT2D eigenvalue weighted by Crippen LogP contribution is 2.45. The second-order valence-electron chi connectivity index (χ2n) is 16.1. The van der Waals surface area contributed by atoms with Gasteiger partial charge in [0, 0.05) is 81.7 Å². The Balaban J connectivity index is 1.04. The smallest absolute Gasteiger partial charge is 0.410 e. The summed E-state index contributed by atoms with van der Waals surface area (Å²) >= 11 is 0. The van der Waals surface area contributed by atoms with Crippen molar-refractivity contribution in [1.29, 1.82) is 0 Å². The first kappa shape index (κ1) is 33.8. The van der Waals surface area contributed by atoms with Crippen LogP contribution in [0.2, 0.25) is 0 Å². The van der Waals surface area contributed by atoms with Crippen LogP contribution in [0.1, 0.15) is 105 Å². The summed E-state index contributed by atoms with van der Waals surface area (Å²) in [7, 11) is 1.47. The Morgan fingerprint density at radius 2 is 1.67 bits per heavy atom. The Morgan fingerprint density at radius 3 is 2.28 bits per heavy atom. The molecule has 7 atom stereocenters. The number of piperidine rings is 4. The SMILES string of the molecule is CCCCC1CN(C[C@H]2C[C@H]3CC[C@@H](C2)N3C(=O)OC)C(=O)OC12CCN(C1(C)CCN(C(=O)C3C(C)CCNC3C)CC1)CC2. The van der Waals surface area contributed by atoms with Gasteiger partial charge in [-0.25, -0.2) is 9.59 Å². The molecule has 0 aliphatic carbocycles. The van der Waals surface area contributed by atoms with Gasteiger partial charge in [-0.1, -0.05) is 26.7 Å². The number of carbonyl (C=O) groups is 3. The van der Waals surface area contributed by atoms with E-state index in [0.29, 0.717) is 23.7 Å². The van der Waals surface area contributed by atoms with E-state index in [1.54, 1.807) is 0 Å². The van der Waals surface area contributed by atoms with Gasteiger partial charge in [-0.2, -0.15) is 0 Å². The molecule has 0 aromatic heterocycles. The van der Waals surface area contributed by atoms with Crippen LogP contribution in [0.4, 0.5) is 9.59 Å². The van der Waals surface area contributed by atoms with Crippen molar-refractivity contribution in [2.75, 3.05) is 52.9 Å². The maximum atomic E-state index is 13.6. The Labute approximate surface area is 277 Å². The molecule has 0 aromatic rings. The number of methoxy groups -OCH3 is 1. The van der Waals surface area contributed by atoms with Crippen molar-refractivity contribution in [2.24, 2.45) is 23.7 Å². The molecule has 6 saturated heterocycles. The monoisotopic (exact) mass is 643 g/mol. The molecule has 3 amide bonds. The van der Waals surface area contributed by atoms with E-state index in [-0.39, 0.29) is 47.4 Å². The number of carbonyl (C=O) groups excluding carboxylic acids is 3. The van der Waals surface area contributed by atoms with E-state index in [1.165, 1.54) is 7.11 Å². The highest BCUT2D eigenvalue weighted by Gasteiger charge is 2.53. The molecule has 10 nitrogen and oxygen atoms in total. The summed E-state index contributed by atoms with van der Waals surface area (Å²) in [5.41, 5.74) is -0.303. The number of ether oxygens (including phenoxy) is 2. The summed E-state index contributed by atoms with van der Waals surface area (Å²) in [5, 5.41) is 3.52. The zero-order chi connectivity index (χ0) is 32.6. The lowest BCUT2D eigenvalue weighted by Gasteiger charge is -2.55. The van der Waals surface area contributed by atoms with Crippen molar-refractivity contribution in [3.63, 3.8) is 0 Å². The summed E-state index contributed by atoms with van der Waals surface area (Å²) < 4.78 is 11.6. The number of hydrogen-bond donors (Lipinski definition) is 1. The minimum atomic E-state index is -0.375. The molecule has 1 N–H and O–H groups in total. The van der Waals surface area contributed by atoms with E-state index >= 15 is 0 Å². The Bertz CT molecular complexity index is 1080. The molecule has 6 rings (SSSR count). The van der Waals surface area contributed by atoms with Crippen molar-refractivity contribution in [3.05, 3.63) is 0 Å². The molecule has 260 valence electrons. The minimum Gasteiger partial charge on any atom is -0.453 e. The molecule has 6 fully saturated rings. The lowest BCUT2D eigenvalue weighted by molar-refractivity contribution is -0.145. The zero-order valence-corrected chi connectivity index (χ0v) is 29.3. The Morgan fingerprint density at radius 1 is 1.00 bits per heavy atom. The van der Waals surface area contributed by atoms with Crippen LogP contribution in [0, 0.1) is 23.7 Å². The van der Waals surface area contributed by atoms with Gasteiger partial charge >= 0.3 is 12.2 Å². The van der Waals surface area contributed by atoms with Crippen molar-refractivity contribution >= 4 is 18.1 Å². The van der Waals surface area contributed by atoms with Crippen LogP contribution < -0.4 is 5.32 Å². The number of nitrogens with zero attached hydrogens (tertiary/aromatic N) is 4. The van der Waals surface area contributed by atoms with Crippen molar-refractivity contribution in [1.82, 2.24) is 24.9 Å². The molecular weight excluding hydrogens is 582 g/mol. The molecule has 4 unspecified atom stereocenters. The third-order valence-electron chi connectivity index (χ3n) is 13.4. The minimum absolute atomic E-state index is 0.0719. The molecule has 0 saturated carbocycles. The quantitative estimate of drug-likeness (QED) is 0.413. The maximum Gasteiger partial charge on any atom is 0.410 e. The number of nitrogens with one attached hydrogen (secondary N) is 1. The number of unbranched alkanes of at least 4 members (excludes halogenated alkanes) is 1. The first-order chi connectivity index (χ1) is 22.1. The topological polar surface area (TPSA) is 94.7 Å². The number of likely N-dealkylation sites (tertiary alicyclic amines) is 2.